The van der Waals surface area contributed by atoms with Gasteiger partial charge in [0.1, 0.15) is 12.1 Å². The first-order valence-corrected chi connectivity index (χ1v) is 10.4. The maximum absolute atomic E-state index is 13.1. The summed E-state index contributed by atoms with van der Waals surface area (Å²) >= 11 is 5.88. The zero-order valence-corrected chi connectivity index (χ0v) is 18.1. The van der Waals surface area contributed by atoms with Crippen molar-refractivity contribution in [2.75, 3.05) is 19.6 Å². The fourth-order valence-electron chi connectivity index (χ4n) is 3.57. The molecule has 0 radical (unpaired) electrons. The second-order valence-electron chi connectivity index (χ2n) is 7.85. The molecule has 0 aliphatic carbocycles. The fraction of sp³-hybridized carbons (Fsp3) is 0.571. The minimum Gasteiger partial charge on any atom is -0.350 e. The Labute approximate surface area is 177 Å². The lowest BCUT2D eigenvalue weighted by Gasteiger charge is -2.34. The Hall–Kier alpha value is -2.12. The van der Waals surface area contributed by atoms with E-state index in [1.54, 1.807) is 24.0 Å². The van der Waals surface area contributed by atoms with Crippen molar-refractivity contribution in [2.45, 2.75) is 52.2 Å². The monoisotopic (exact) mass is 422 g/mol. The second-order valence-corrected chi connectivity index (χ2v) is 8.29. The van der Waals surface area contributed by atoms with Gasteiger partial charge in [0.15, 0.2) is 0 Å². The number of nitrogens with two attached hydrogens (primary N) is 1. The molecule has 0 saturated carbocycles. The van der Waals surface area contributed by atoms with Gasteiger partial charge in [0.25, 0.3) is 0 Å². The lowest BCUT2D eigenvalue weighted by atomic mass is 10.1. The van der Waals surface area contributed by atoms with Crippen LogP contribution in [-0.2, 0) is 20.9 Å². The Balaban J connectivity index is 2.03. The second kappa shape index (κ2) is 10.6. The van der Waals surface area contributed by atoms with E-state index in [4.69, 9.17) is 17.3 Å². The quantitative estimate of drug-likeness (QED) is 0.667. The molecule has 160 valence electrons. The maximum Gasteiger partial charge on any atom is 0.245 e. The van der Waals surface area contributed by atoms with Gasteiger partial charge in [-0.15, -0.1) is 0 Å². The number of nitrogens with one attached hydrogen (secondary N) is 1. The zero-order chi connectivity index (χ0) is 21.6. The molecule has 29 heavy (non-hydrogen) atoms. The number of rotatable bonds is 8. The molecular formula is C21H31ClN4O3. The molecule has 3 amide bonds. The number of halogens is 1. The zero-order valence-electron chi connectivity index (χ0n) is 17.4. The van der Waals surface area contributed by atoms with Crippen molar-refractivity contribution in [3.8, 4) is 0 Å². The average Bonchev–Trinajstić information content (AvgIpc) is 3.19. The van der Waals surface area contributed by atoms with Crippen LogP contribution in [0.3, 0.4) is 0 Å². The van der Waals surface area contributed by atoms with E-state index in [-0.39, 0.29) is 30.2 Å². The van der Waals surface area contributed by atoms with Crippen molar-refractivity contribution in [1.29, 1.82) is 0 Å². The lowest BCUT2D eigenvalue weighted by Crippen LogP contribution is -2.55. The molecule has 1 saturated heterocycles. The van der Waals surface area contributed by atoms with Crippen LogP contribution < -0.4 is 11.1 Å². The van der Waals surface area contributed by atoms with Crippen LogP contribution in [0.4, 0.5) is 0 Å². The SMILES string of the molecule is CC(C)CN(C(=O)CN)[C@@H](C)C(=O)N1CCC[C@H]1C(=O)NCc1ccc(Cl)cc1. The van der Waals surface area contributed by atoms with Gasteiger partial charge in [-0.25, -0.2) is 0 Å². The van der Waals surface area contributed by atoms with Crippen LogP contribution in [0.15, 0.2) is 24.3 Å². The van der Waals surface area contributed by atoms with Crippen molar-refractivity contribution >= 4 is 29.3 Å². The molecule has 2 atom stereocenters. The predicted molar refractivity (Wildman–Crippen MR) is 113 cm³/mol. The maximum atomic E-state index is 13.1. The summed E-state index contributed by atoms with van der Waals surface area (Å²) in [6.45, 7) is 6.86. The normalized spacial score (nSPS) is 17.3. The number of likely N-dealkylation sites (tertiary alicyclic amines) is 1. The van der Waals surface area contributed by atoms with Crippen LogP contribution >= 0.6 is 11.6 Å². The molecule has 0 aromatic heterocycles. The third kappa shape index (κ3) is 6.18. The Morgan fingerprint density at radius 2 is 1.90 bits per heavy atom. The van der Waals surface area contributed by atoms with Gasteiger partial charge in [-0.2, -0.15) is 0 Å². The Bertz CT molecular complexity index is 723. The highest BCUT2D eigenvalue weighted by Crippen LogP contribution is 2.21. The number of hydrogen-bond donors (Lipinski definition) is 2. The molecule has 1 fully saturated rings. The van der Waals surface area contributed by atoms with Crippen LogP contribution in [0.2, 0.25) is 5.02 Å². The first-order valence-electron chi connectivity index (χ1n) is 10.1. The molecule has 1 aromatic rings. The number of nitrogens with zero attached hydrogens (tertiary/aromatic N) is 2. The highest BCUT2D eigenvalue weighted by Gasteiger charge is 2.38. The molecule has 7 nitrogen and oxygen atoms in total. The standard InChI is InChI=1S/C21H31ClN4O3/c1-14(2)13-26(19(27)11-23)15(3)21(29)25-10-4-5-18(25)20(28)24-12-16-6-8-17(22)9-7-16/h6-9,14-15,18H,4-5,10-13,23H2,1-3H3,(H,24,28)/t15-,18-/m0/s1. The average molecular weight is 423 g/mol. The van der Waals surface area contributed by atoms with Gasteiger partial charge in [-0.05, 0) is 43.4 Å². The van der Waals surface area contributed by atoms with E-state index < -0.39 is 12.1 Å². The minimum absolute atomic E-state index is 0.144. The molecule has 1 heterocycles. The van der Waals surface area contributed by atoms with Gasteiger partial charge >= 0.3 is 0 Å². The fourth-order valence-corrected chi connectivity index (χ4v) is 3.70. The van der Waals surface area contributed by atoms with E-state index in [2.05, 4.69) is 5.32 Å². The molecular weight excluding hydrogens is 392 g/mol. The Morgan fingerprint density at radius 1 is 1.24 bits per heavy atom. The van der Waals surface area contributed by atoms with Gasteiger partial charge in [-0.3, -0.25) is 14.4 Å². The predicted octanol–water partition coefficient (Wildman–Crippen LogP) is 1.78. The van der Waals surface area contributed by atoms with Gasteiger partial charge in [0.2, 0.25) is 17.7 Å². The number of carbonyl (C=O) groups excluding carboxylic acids is 3. The third-order valence-corrected chi connectivity index (χ3v) is 5.35. The molecule has 1 aromatic carbocycles. The van der Waals surface area contributed by atoms with Crippen molar-refractivity contribution in [1.82, 2.24) is 15.1 Å². The summed E-state index contributed by atoms with van der Waals surface area (Å²) in [6, 6.07) is 6.07. The van der Waals surface area contributed by atoms with Crippen LogP contribution in [-0.4, -0.2) is 59.2 Å². The number of carbonyl (C=O) groups is 3. The van der Waals surface area contributed by atoms with Crippen LogP contribution in [0, 0.1) is 5.92 Å². The van der Waals surface area contributed by atoms with Crippen molar-refractivity contribution < 1.29 is 14.4 Å². The van der Waals surface area contributed by atoms with Crippen molar-refractivity contribution in [3.63, 3.8) is 0 Å². The summed E-state index contributed by atoms with van der Waals surface area (Å²) in [5, 5.41) is 3.54. The summed E-state index contributed by atoms with van der Waals surface area (Å²) < 4.78 is 0. The first-order chi connectivity index (χ1) is 13.7. The molecule has 2 rings (SSSR count). The van der Waals surface area contributed by atoms with Gasteiger partial charge < -0.3 is 20.9 Å². The van der Waals surface area contributed by atoms with Crippen LogP contribution in [0.5, 0.6) is 0 Å². The van der Waals surface area contributed by atoms with Gasteiger partial charge in [-0.1, -0.05) is 37.6 Å². The van der Waals surface area contributed by atoms with Crippen LogP contribution in [0.25, 0.3) is 0 Å². The van der Waals surface area contributed by atoms with Gasteiger partial charge in [0.05, 0.1) is 6.54 Å². The molecule has 0 bridgehead atoms. The van der Waals surface area contributed by atoms with E-state index >= 15 is 0 Å². The molecule has 0 spiro atoms. The lowest BCUT2D eigenvalue weighted by molar-refractivity contribution is -0.147. The van der Waals surface area contributed by atoms with E-state index in [1.165, 1.54) is 4.90 Å². The number of amides is 3. The third-order valence-electron chi connectivity index (χ3n) is 5.10. The Morgan fingerprint density at radius 3 is 2.48 bits per heavy atom. The summed E-state index contributed by atoms with van der Waals surface area (Å²) in [6.07, 6.45) is 1.37. The van der Waals surface area contributed by atoms with Gasteiger partial charge in [0, 0.05) is 24.7 Å². The summed E-state index contributed by atoms with van der Waals surface area (Å²) in [5.41, 5.74) is 6.47. The molecule has 3 N–H and O–H groups in total. The first kappa shape index (κ1) is 23.2. The van der Waals surface area contributed by atoms with E-state index in [1.807, 2.05) is 26.0 Å². The molecule has 1 aliphatic rings. The highest BCUT2D eigenvalue weighted by atomic mass is 35.5. The minimum atomic E-state index is -0.655. The molecule has 0 unspecified atom stereocenters. The van der Waals surface area contributed by atoms with E-state index in [9.17, 15) is 14.4 Å². The van der Waals surface area contributed by atoms with Crippen molar-refractivity contribution in [2.24, 2.45) is 11.7 Å². The van der Waals surface area contributed by atoms with Crippen molar-refractivity contribution in [3.05, 3.63) is 34.9 Å². The smallest absolute Gasteiger partial charge is 0.245 e. The van der Waals surface area contributed by atoms with Crippen LogP contribution in [0.1, 0.15) is 39.2 Å². The Kier molecular flexibility index (Phi) is 8.46. The summed E-state index contributed by atoms with van der Waals surface area (Å²) in [5.74, 6) is -0.449. The van der Waals surface area contributed by atoms with E-state index in [0.29, 0.717) is 31.1 Å². The largest absolute Gasteiger partial charge is 0.350 e. The topological polar surface area (TPSA) is 95.7 Å². The number of benzene rings is 1. The molecule has 1 aliphatic heterocycles. The summed E-state index contributed by atoms with van der Waals surface area (Å²) in [7, 11) is 0. The number of hydrogen-bond acceptors (Lipinski definition) is 4. The highest BCUT2D eigenvalue weighted by molar-refractivity contribution is 6.30. The molecule has 8 heteroatoms. The van der Waals surface area contributed by atoms with E-state index in [0.717, 1.165) is 12.0 Å². The summed E-state index contributed by atoms with van der Waals surface area (Å²) in [4.78, 5) is 41.2.